The minimum atomic E-state index is -4.67. The van der Waals surface area contributed by atoms with Crippen LogP contribution in [0.4, 0.5) is 9.57 Å². The fraction of sp³-hybridized carbons (Fsp3) is 0.143. The molecule has 0 heterocycles. The van der Waals surface area contributed by atoms with Crippen molar-refractivity contribution in [1.82, 2.24) is 0 Å². The van der Waals surface area contributed by atoms with Gasteiger partial charge in [0.1, 0.15) is 4.90 Å². The van der Waals surface area contributed by atoms with Crippen LogP contribution in [0.5, 0.6) is 0 Å². The smallest absolute Gasteiger partial charge is 0.332 e. The molecular weight excluding hydrogens is 261 g/mol. The molecule has 0 atom stereocenters. The van der Waals surface area contributed by atoms with Crippen LogP contribution < -0.4 is 5.73 Å². The summed E-state index contributed by atoms with van der Waals surface area (Å²) in [5.74, 6) is 0. The van der Waals surface area contributed by atoms with E-state index in [0.29, 0.717) is 10.0 Å². The Labute approximate surface area is 84.1 Å². The summed E-state index contributed by atoms with van der Waals surface area (Å²) in [4.78, 5) is -0.428. The summed E-state index contributed by atoms with van der Waals surface area (Å²) in [5, 5.41) is 0. The van der Waals surface area contributed by atoms with Gasteiger partial charge < -0.3 is 5.73 Å². The van der Waals surface area contributed by atoms with E-state index in [9.17, 15) is 12.3 Å². The first-order chi connectivity index (χ1) is 5.82. The van der Waals surface area contributed by atoms with E-state index in [4.69, 9.17) is 5.73 Å². The van der Waals surface area contributed by atoms with Crippen molar-refractivity contribution in [3.63, 3.8) is 0 Å². The summed E-state index contributed by atoms with van der Waals surface area (Å²) in [5.41, 5.74) is 6.39. The fourth-order valence-corrected chi connectivity index (χ4v) is 1.97. The first-order valence-corrected chi connectivity index (χ1v) is 5.50. The van der Waals surface area contributed by atoms with Crippen molar-refractivity contribution < 1.29 is 12.3 Å². The van der Waals surface area contributed by atoms with Gasteiger partial charge in [-0.05, 0) is 24.6 Å². The summed E-state index contributed by atoms with van der Waals surface area (Å²) in [6.45, 7) is 1.70. The Bertz CT molecular complexity index is 421. The number of hydrogen-bond donors (Lipinski definition) is 1. The first-order valence-electron chi connectivity index (χ1n) is 3.32. The van der Waals surface area contributed by atoms with Crippen molar-refractivity contribution in [2.75, 3.05) is 5.73 Å². The molecule has 0 saturated heterocycles. The third kappa shape index (κ3) is 2.19. The van der Waals surface area contributed by atoms with E-state index in [1.54, 1.807) is 6.92 Å². The van der Waals surface area contributed by atoms with Crippen LogP contribution >= 0.6 is 15.9 Å². The highest BCUT2D eigenvalue weighted by Gasteiger charge is 2.14. The average molecular weight is 268 g/mol. The number of benzene rings is 1. The van der Waals surface area contributed by atoms with Crippen LogP contribution in [0.25, 0.3) is 0 Å². The van der Waals surface area contributed by atoms with Gasteiger partial charge in [-0.1, -0.05) is 15.9 Å². The zero-order valence-corrected chi connectivity index (χ0v) is 9.12. The molecule has 72 valence electrons. The molecule has 0 aliphatic rings. The molecule has 1 aromatic rings. The Hall–Kier alpha value is -0.620. The maximum Gasteiger partial charge on any atom is 0.332 e. The molecular formula is C7H7BrFNO2S. The van der Waals surface area contributed by atoms with Crippen molar-refractivity contribution in [3.05, 3.63) is 22.2 Å². The highest BCUT2D eigenvalue weighted by Crippen LogP contribution is 2.26. The molecule has 0 aliphatic carbocycles. The average Bonchev–Trinajstić information content (AvgIpc) is 1.97. The van der Waals surface area contributed by atoms with E-state index < -0.39 is 15.1 Å². The summed E-state index contributed by atoms with van der Waals surface area (Å²) in [7, 11) is -4.67. The van der Waals surface area contributed by atoms with Gasteiger partial charge in [0, 0.05) is 10.2 Å². The van der Waals surface area contributed by atoms with E-state index in [-0.39, 0.29) is 5.69 Å². The Morgan fingerprint density at radius 2 is 2.00 bits per heavy atom. The van der Waals surface area contributed by atoms with Gasteiger partial charge in [0.05, 0.1) is 0 Å². The summed E-state index contributed by atoms with van der Waals surface area (Å²) >= 11 is 3.08. The van der Waals surface area contributed by atoms with Gasteiger partial charge in [0.2, 0.25) is 0 Å². The second-order valence-corrected chi connectivity index (χ2v) is 4.76. The topological polar surface area (TPSA) is 60.2 Å². The highest BCUT2D eigenvalue weighted by atomic mass is 79.9. The molecule has 0 aliphatic heterocycles. The molecule has 0 bridgehead atoms. The van der Waals surface area contributed by atoms with E-state index in [0.717, 1.165) is 6.07 Å². The zero-order chi connectivity index (χ0) is 10.2. The third-order valence-corrected chi connectivity index (χ3v) is 3.26. The van der Waals surface area contributed by atoms with Gasteiger partial charge in [-0.2, -0.15) is 8.42 Å². The Balaban J connectivity index is 3.47. The second kappa shape index (κ2) is 3.26. The maximum absolute atomic E-state index is 12.5. The molecule has 0 saturated carbocycles. The van der Waals surface area contributed by atoms with E-state index >= 15 is 0 Å². The highest BCUT2D eigenvalue weighted by molar-refractivity contribution is 9.10. The van der Waals surface area contributed by atoms with Gasteiger partial charge in [-0.25, -0.2) is 0 Å². The van der Waals surface area contributed by atoms with E-state index in [1.165, 1.54) is 6.07 Å². The molecule has 0 spiro atoms. The van der Waals surface area contributed by atoms with Crippen molar-refractivity contribution >= 4 is 31.8 Å². The van der Waals surface area contributed by atoms with Crippen molar-refractivity contribution in [3.8, 4) is 0 Å². The summed E-state index contributed by atoms with van der Waals surface area (Å²) in [6.07, 6.45) is 0. The lowest BCUT2D eigenvalue weighted by Gasteiger charge is -2.04. The first kappa shape index (κ1) is 10.5. The Kier molecular flexibility index (Phi) is 2.63. The van der Waals surface area contributed by atoms with Gasteiger partial charge in [-0.15, -0.1) is 3.89 Å². The molecule has 1 rings (SSSR count). The normalized spacial score (nSPS) is 11.6. The van der Waals surface area contributed by atoms with Crippen LogP contribution in [0, 0.1) is 6.92 Å². The van der Waals surface area contributed by atoms with Crippen LogP contribution in [-0.4, -0.2) is 8.42 Å². The monoisotopic (exact) mass is 267 g/mol. The molecule has 3 nitrogen and oxygen atoms in total. The number of nitrogens with two attached hydrogens (primary N) is 1. The second-order valence-electron chi connectivity index (χ2n) is 2.56. The largest absolute Gasteiger partial charge is 0.398 e. The standard InChI is InChI=1S/C7H7BrFNO2S/c1-4-6(8)2-5(3-7(4)10)13(9,11)12/h2-3H,10H2,1H3. The molecule has 0 amide bonds. The van der Waals surface area contributed by atoms with Crippen LogP contribution in [-0.2, 0) is 10.2 Å². The molecule has 6 heteroatoms. The molecule has 2 N–H and O–H groups in total. The molecule has 1 aromatic carbocycles. The predicted molar refractivity (Wildman–Crippen MR) is 51.6 cm³/mol. The minimum absolute atomic E-state index is 0.241. The lowest BCUT2D eigenvalue weighted by molar-refractivity contribution is 0.552. The lowest BCUT2D eigenvalue weighted by atomic mass is 10.2. The van der Waals surface area contributed by atoms with Crippen LogP contribution in [0.1, 0.15) is 5.56 Å². The van der Waals surface area contributed by atoms with Crippen molar-refractivity contribution in [2.45, 2.75) is 11.8 Å². The van der Waals surface area contributed by atoms with Crippen LogP contribution in [0.3, 0.4) is 0 Å². The Morgan fingerprint density at radius 1 is 1.46 bits per heavy atom. The van der Waals surface area contributed by atoms with E-state index in [1.807, 2.05) is 0 Å². The predicted octanol–water partition coefficient (Wildman–Crippen LogP) is 2.00. The zero-order valence-electron chi connectivity index (χ0n) is 6.71. The molecule has 13 heavy (non-hydrogen) atoms. The van der Waals surface area contributed by atoms with Gasteiger partial charge in [0.15, 0.2) is 0 Å². The fourth-order valence-electron chi connectivity index (χ4n) is 0.815. The Morgan fingerprint density at radius 3 is 2.38 bits per heavy atom. The van der Waals surface area contributed by atoms with Gasteiger partial charge in [0.25, 0.3) is 0 Å². The number of anilines is 1. The molecule has 0 aromatic heterocycles. The number of halogens is 2. The third-order valence-electron chi connectivity index (χ3n) is 1.64. The van der Waals surface area contributed by atoms with Crippen LogP contribution in [0.2, 0.25) is 0 Å². The SMILES string of the molecule is Cc1c(N)cc(S(=O)(=O)F)cc1Br. The summed E-state index contributed by atoms with van der Waals surface area (Å²) in [6, 6.07) is 2.27. The van der Waals surface area contributed by atoms with Crippen molar-refractivity contribution in [1.29, 1.82) is 0 Å². The maximum atomic E-state index is 12.5. The van der Waals surface area contributed by atoms with Crippen LogP contribution in [0.15, 0.2) is 21.5 Å². The quantitative estimate of drug-likeness (QED) is 0.626. The number of rotatable bonds is 1. The molecule has 0 unspecified atom stereocenters. The van der Waals surface area contributed by atoms with Crippen molar-refractivity contribution in [2.24, 2.45) is 0 Å². The number of nitrogen functional groups attached to an aromatic ring is 1. The lowest BCUT2D eigenvalue weighted by Crippen LogP contribution is -1.97. The minimum Gasteiger partial charge on any atom is -0.398 e. The molecule has 0 radical (unpaired) electrons. The van der Waals surface area contributed by atoms with Gasteiger partial charge in [-0.3, -0.25) is 0 Å². The van der Waals surface area contributed by atoms with E-state index in [2.05, 4.69) is 15.9 Å². The van der Waals surface area contributed by atoms with Gasteiger partial charge >= 0.3 is 10.2 Å². The number of hydrogen-bond acceptors (Lipinski definition) is 3. The summed E-state index contributed by atoms with van der Waals surface area (Å²) < 4.78 is 34.0. The molecule has 0 fully saturated rings.